The lowest BCUT2D eigenvalue weighted by Gasteiger charge is -1.99. The lowest BCUT2D eigenvalue weighted by Crippen LogP contribution is -2.24. The normalized spacial score (nSPS) is 10.7. The number of carbonyl (C=O) groups is 2. The summed E-state index contributed by atoms with van der Waals surface area (Å²) in [7, 11) is 1.55. The summed E-state index contributed by atoms with van der Waals surface area (Å²) in [6.45, 7) is 2.37. The van der Waals surface area contributed by atoms with Crippen molar-refractivity contribution in [3.63, 3.8) is 0 Å². The van der Waals surface area contributed by atoms with Gasteiger partial charge in [-0.2, -0.15) is 5.10 Å². The number of aromatic amines is 1. The Labute approximate surface area is 135 Å². The maximum atomic E-state index is 12.0. The van der Waals surface area contributed by atoms with E-state index >= 15 is 0 Å². The molecule has 1 aromatic heterocycles. The number of nitrogens with one attached hydrogen (secondary N) is 3. The van der Waals surface area contributed by atoms with Gasteiger partial charge in [-0.1, -0.05) is 37.3 Å². The number of rotatable bonds is 6. The summed E-state index contributed by atoms with van der Waals surface area (Å²) in [6, 6.07) is 9.78. The Morgan fingerprint density at radius 1 is 1.26 bits per heavy atom. The largest absolute Gasteiger partial charge is 0.356 e. The molecule has 1 heterocycles. The van der Waals surface area contributed by atoms with Crippen molar-refractivity contribution >= 4 is 11.8 Å². The minimum atomic E-state index is -0.268. The van der Waals surface area contributed by atoms with Crippen molar-refractivity contribution in [3.8, 4) is 11.3 Å². The molecule has 0 atom stereocenters. The minimum absolute atomic E-state index is 0.210. The van der Waals surface area contributed by atoms with E-state index in [1.807, 2.05) is 24.3 Å². The van der Waals surface area contributed by atoms with E-state index in [1.54, 1.807) is 19.2 Å². The molecule has 2 aromatic rings. The highest BCUT2D eigenvalue weighted by molar-refractivity contribution is 5.93. The molecule has 3 N–H and O–H groups in total. The quantitative estimate of drug-likeness (QED) is 0.709. The van der Waals surface area contributed by atoms with Crippen molar-refractivity contribution in [2.45, 2.75) is 13.3 Å². The van der Waals surface area contributed by atoms with Crippen LogP contribution in [0.15, 0.2) is 42.5 Å². The van der Waals surface area contributed by atoms with Gasteiger partial charge in [0.2, 0.25) is 5.91 Å². The molecule has 0 saturated carbocycles. The second-order valence-corrected chi connectivity index (χ2v) is 4.94. The summed E-state index contributed by atoms with van der Waals surface area (Å²) >= 11 is 0. The van der Waals surface area contributed by atoms with Crippen LogP contribution in [0.2, 0.25) is 0 Å². The van der Waals surface area contributed by atoms with Gasteiger partial charge in [-0.15, -0.1) is 0 Å². The van der Waals surface area contributed by atoms with Crippen LogP contribution in [0.1, 0.15) is 23.0 Å². The first-order chi connectivity index (χ1) is 11.1. The van der Waals surface area contributed by atoms with Crippen LogP contribution in [0.3, 0.4) is 0 Å². The predicted octanol–water partition coefficient (Wildman–Crippen LogP) is 1.67. The number of hydrogen-bond acceptors (Lipinski definition) is 3. The number of benzene rings is 1. The first-order valence-electron chi connectivity index (χ1n) is 7.45. The van der Waals surface area contributed by atoms with Gasteiger partial charge in [-0.3, -0.25) is 14.7 Å². The Morgan fingerprint density at radius 3 is 2.65 bits per heavy atom. The highest BCUT2D eigenvalue weighted by Crippen LogP contribution is 2.18. The fraction of sp³-hybridized carbons (Fsp3) is 0.235. The van der Waals surface area contributed by atoms with E-state index in [1.165, 1.54) is 11.6 Å². The van der Waals surface area contributed by atoms with Crippen LogP contribution in [-0.4, -0.2) is 35.6 Å². The molecule has 0 aliphatic carbocycles. The van der Waals surface area contributed by atoms with Crippen molar-refractivity contribution in [1.29, 1.82) is 0 Å². The first kappa shape index (κ1) is 16.5. The maximum absolute atomic E-state index is 12.0. The second-order valence-electron chi connectivity index (χ2n) is 4.94. The fourth-order valence-electron chi connectivity index (χ4n) is 1.99. The summed E-state index contributed by atoms with van der Waals surface area (Å²) in [5, 5.41) is 12.0. The summed E-state index contributed by atoms with van der Waals surface area (Å²) in [5.74, 6) is -0.478. The number of carbonyl (C=O) groups excluding carboxylic acids is 2. The van der Waals surface area contributed by atoms with Crippen LogP contribution in [0.25, 0.3) is 11.3 Å². The fourth-order valence-corrected chi connectivity index (χ4v) is 1.99. The molecule has 0 aliphatic rings. The summed E-state index contributed by atoms with van der Waals surface area (Å²) in [6.07, 6.45) is 3.93. The van der Waals surface area contributed by atoms with Gasteiger partial charge in [0.25, 0.3) is 5.91 Å². The molecule has 2 amide bonds. The zero-order valence-corrected chi connectivity index (χ0v) is 13.2. The molecule has 6 heteroatoms. The van der Waals surface area contributed by atoms with Crippen molar-refractivity contribution in [2.24, 2.45) is 0 Å². The Hall–Kier alpha value is -2.89. The third-order valence-corrected chi connectivity index (χ3v) is 3.38. The molecular weight excluding hydrogens is 292 g/mol. The van der Waals surface area contributed by atoms with Crippen molar-refractivity contribution < 1.29 is 9.59 Å². The van der Waals surface area contributed by atoms with Crippen molar-refractivity contribution in [2.75, 3.05) is 13.6 Å². The molecule has 6 nitrogen and oxygen atoms in total. The van der Waals surface area contributed by atoms with E-state index in [2.05, 4.69) is 27.8 Å². The Kier molecular flexibility index (Phi) is 5.68. The highest BCUT2D eigenvalue weighted by atomic mass is 16.2. The van der Waals surface area contributed by atoms with Crippen LogP contribution in [0.4, 0.5) is 0 Å². The van der Waals surface area contributed by atoms with Gasteiger partial charge in [0.15, 0.2) is 0 Å². The molecule has 0 fully saturated rings. The summed E-state index contributed by atoms with van der Waals surface area (Å²) < 4.78 is 0. The molecule has 0 aliphatic heterocycles. The third-order valence-electron chi connectivity index (χ3n) is 3.38. The monoisotopic (exact) mass is 312 g/mol. The van der Waals surface area contributed by atoms with Crippen molar-refractivity contribution in [1.82, 2.24) is 20.8 Å². The van der Waals surface area contributed by atoms with Gasteiger partial charge >= 0.3 is 0 Å². The molecule has 23 heavy (non-hydrogen) atoms. The van der Waals surface area contributed by atoms with Gasteiger partial charge in [0.1, 0.15) is 5.69 Å². The topological polar surface area (TPSA) is 86.9 Å². The van der Waals surface area contributed by atoms with Crippen LogP contribution < -0.4 is 10.6 Å². The molecule has 0 radical (unpaired) electrons. The number of nitrogens with zero attached hydrogens (tertiary/aromatic N) is 1. The van der Waals surface area contributed by atoms with Gasteiger partial charge < -0.3 is 10.6 Å². The average Bonchev–Trinajstić information content (AvgIpc) is 3.08. The molecule has 0 spiro atoms. The second kappa shape index (κ2) is 7.93. The number of amides is 2. The maximum Gasteiger partial charge on any atom is 0.269 e. The van der Waals surface area contributed by atoms with E-state index in [4.69, 9.17) is 0 Å². The third kappa shape index (κ3) is 4.54. The minimum Gasteiger partial charge on any atom is -0.356 e. The Bertz CT molecular complexity index is 702. The van der Waals surface area contributed by atoms with Gasteiger partial charge in [0.05, 0.1) is 5.69 Å². The zero-order chi connectivity index (χ0) is 16.7. The summed E-state index contributed by atoms with van der Waals surface area (Å²) in [4.78, 5) is 23.0. The van der Waals surface area contributed by atoms with Crippen LogP contribution >= 0.6 is 0 Å². The number of H-pyrrole nitrogens is 1. The van der Waals surface area contributed by atoms with E-state index in [9.17, 15) is 9.59 Å². The predicted molar refractivity (Wildman–Crippen MR) is 88.9 cm³/mol. The number of hydrogen-bond donors (Lipinski definition) is 3. The SMILES string of the molecule is CCc1ccc(-c2cc(C(=O)NC/C=C/C(=O)NC)[nH]n2)cc1. The Balaban J connectivity index is 1.96. The lowest BCUT2D eigenvalue weighted by atomic mass is 10.1. The van der Waals surface area contributed by atoms with Gasteiger partial charge in [-0.05, 0) is 18.1 Å². The van der Waals surface area contributed by atoms with E-state index in [0.29, 0.717) is 5.69 Å². The van der Waals surface area contributed by atoms with Crippen LogP contribution in [-0.2, 0) is 11.2 Å². The van der Waals surface area contributed by atoms with Crippen molar-refractivity contribution in [3.05, 3.63) is 53.7 Å². The zero-order valence-electron chi connectivity index (χ0n) is 13.2. The first-order valence-corrected chi connectivity index (χ1v) is 7.45. The molecule has 2 rings (SSSR count). The average molecular weight is 312 g/mol. The molecule has 0 saturated heterocycles. The molecule has 1 aromatic carbocycles. The number of aromatic nitrogens is 2. The van der Waals surface area contributed by atoms with Crippen LogP contribution in [0, 0.1) is 0 Å². The van der Waals surface area contributed by atoms with Crippen LogP contribution in [0.5, 0.6) is 0 Å². The molecular formula is C17H20N4O2. The molecule has 0 bridgehead atoms. The Morgan fingerprint density at radius 2 is 2.00 bits per heavy atom. The molecule has 120 valence electrons. The van der Waals surface area contributed by atoms with E-state index in [-0.39, 0.29) is 18.4 Å². The molecule has 0 unspecified atom stereocenters. The number of aryl methyl sites for hydroxylation is 1. The standard InChI is InChI=1S/C17H20N4O2/c1-3-12-6-8-13(9-7-12)14-11-15(21-20-14)17(23)19-10-4-5-16(22)18-2/h4-9,11H,3,10H2,1-2H3,(H,18,22)(H,19,23)(H,20,21)/b5-4+. The van der Waals surface area contributed by atoms with Gasteiger partial charge in [-0.25, -0.2) is 0 Å². The highest BCUT2D eigenvalue weighted by Gasteiger charge is 2.10. The van der Waals surface area contributed by atoms with Gasteiger partial charge in [0, 0.05) is 25.2 Å². The van der Waals surface area contributed by atoms with E-state index < -0.39 is 0 Å². The smallest absolute Gasteiger partial charge is 0.269 e. The lowest BCUT2D eigenvalue weighted by molar-refractivity contribution is -0.116. The summed E-state index contributed by atoms with van der Waals surface area (Å²) in [5.41, 5.74) is 3.31. The van der Waals surface area contributed by atoms with E-state index in [0.717, 1.165) is 17.7 Å². The number of likely N-dealkylation sites (N-methyl/N-ethyl adjacent to an activating group) is 1.